The number of nitrogens with zero attached hydrogens (tertiary/aromatic N) is 4. The molecule has 0 unspecified atom stereocenters. The van der Waals surface area contributed by atoms with Gasteiger partial charge in [0, 0.05) is 24.7 Å². The number of aromatic amines is 1. The molecule has 29 heavy (non-hydrogen) atoms. The van der Waals surface area contributed by atoms with Gasteiger partial charge in [-0.15, -0.1) is 0 Å². The molecular weight excluding hydrogens is 370 g/mol. The van der Waals surface area contributed by atoms with Gasteiger partial charge in [-0.05, 0) is 18.1 Å². The lowest BCUT2D eigenvalue weighted by molar-refractivity contribution is -0.384. The molecule has 0 fully saturated rings. The van der Waals surface area contributed by atoms with Crippen molar-refractivity contribution in [2.75, 3.05) is 10.6 Å². The maximum absolute atomic E-state index is 10.8. The molecule has 9 heteroatoms. The molecule has 4 rings (SSSR count). The van der Waals surface area contributed by atoms with Crippen LogP contribution in [0.5, 0.6) is 0 Å². The van der Waals surface area contributed by atoms with Crippen molar-refractivity contribution in [1.29, 1.82) is 0 Å². The molecule has 2 heterocycles. The Labute approximate surface area is 166 Å². The van der Waals surface area contributed by atoms with E-state index in [1.54, 1.807) is 12.1 Å². The third-order valence-corrected chi connectivity index (χ3v) is 4.62. The molecule has 0 aliphatic rings. The van der Waals surface area contributed by atoms with E-state index in [-0.39, 0.29) is 11.7 Å². The number of nitro groups is 1. The van der Waals surface area contributed by atoms with Crippen LogP contribution in [-0.2, 0) is 6.54 Å². The highest BCUT2D eigenvalue weighted by Gasteiger charge is 2.15. The first-order valence-corrected chi connectivity index (χ1v) is 9.09. The highest BCUT2D eigenvalue weighted by atomic mass is 16.6. The molecule has 0 saturated heterocycles. The maximum Gasteiger partial charge on any atom is 0.269 e. The summed E-state index contributed by atoms with van der Waals surface area (Å²) in [5.74, 6) is 1.29. The van der Waals surface area contributed by atoms with Crippen molar-refractivity contribution >= 4 is 28.4 Å². The highest BCUT2D eigenvalue weighted by molar-refractivity contribution is 5.96. The molecule has 3 N–H and O–H groups in total. The average molecular weight is 389 g/mol. The monoisotopic (exact) mass is 389 g/mol. The van der Waals surface area contributed by atoms with E-state index in [1.807, 2.05) is 18.2 Å². The second-order valence-corrected chi connectivity index (χ2v) is 6.57. The van der Waals surface area contributed by atoms with Crippen LogP contribution in [0.4, 0.5) is 17.3 Å². The van der Waals surface area contributed by atoms with Crippen molar-refractivity contribution in [2.24, 2.45) is 0 Å². The first-order valence-electron chi connectivity index (χ1n) is 9.09. The number of nitrogens with one attached hydrogen (secondary N) is 3. The Balaban J connectivity index is 1.55. The number of hydrogen-bond acceptors (Lipinski definition) is 7. The quantitative estimate of drug-likeness (QED) is 0.322. The van der Waals surface area contributed by atoms with Crippen molar-refractivity contribution in [2.45, 2.75) is 19.5 Å². The summed E-state index contributed by atoms with van der Waals surface area (Å²) in [6, 6.07) is 16.5. The van der Waals surface area contributed by atoms with Crippen LogP contribution in [0.15, 0.2) is 60.9 Å². The second-order valence-electron chi connectivity index (χ2n) is 6.57. The predicted octanol–water partition coefficient (Wildman–Crippen LogP) is 4.05. The lowest BCUT2D eigenvalue weighted by Crippen LogP contribution is -2.09. The van der Waals surface area contributed by atoms with E-state index in [9.17, 15) is 10.1 Å². The van der Waals surface area contributed by atoms with Crippen molar-refractivity contribution in [3.05, 3.63) is 82.2 Å². The molecule has 0 saturated carbocycles. The van der Waals surface area contributed by atoms with Gasteiger partial charge in [-0.25, -0.2) is 9.97 Å². The third-order valence-electron chi connectivity index (χ3n) is 4.62. The fraction of sp³-hybridized carbons (Fsp3) is 0.150. The summed E-state index contributed by atoms with van der Waals surface area (Å²) in [6.07, 6.45) is 1.49. The van der Waals surface area contributed by atoms with Crippen LogP contribution < -0.4 is 10.6 Å². The van der Waals surface area contributed by atoms with Crippen LogP contribution in [0.3, 0.4) is 0 Å². The minimum atomic E-state index is -0.415. The van der Waals surface area contributed by atoms with E-state index in [0.717, 1.165) is 16.5 Å². The first-order chi connectivity index (χ1) is 14.1. The molecule has 0 aliphatic carbocycles. The molecule has 0 radical (unpaired) electrons. The molecular formula is C20H19N7O2. The van der Waals surface area contributed by atoms with Crippen LogP contribution in [-0.4, -0.2) is 25.1 Å². The molecule has 2 aromatic carbocycles. The van der Waals surface area contributed by atoms with Crippen LogP contribution in [0.25, 0.3) is 11.0 Å². The number of fused-ring (bicyclic) bond motifs is 1. The van der Waals surface area contributed by atoms with Gasteiger partial charge in [-0.2, -0.15) is 5.10 Å². The Hall–Kier alpha value is -4.01. The van der Waals surface area contributed by atoms with Crippen LogP contribution >= 0.6 is 0 Å². The van der Waals surface area contributed by atoms with Gasteiger partial charge in [0.25, 0.3) is 5.69 Å². The Morgan fingerprint density at radius 3 is 2.55 bits per heavy atom. The molecule has 0 aliphatic heterocycles. The molecule has 146 valence electrons. The van der Waals surface area contributed by atoms with Gasteiger partial charge in [0.05, 0.1) is 4.92 Å². The number of benzene rings is 2. The van der Waals surface area contributed by atoms with E-state index in [2.05, 4.69) is 49.9 Å². The van der Waals surface area contributed by atoms with E-state index < -0.39 is 4.92 Å². The zero-order valence-electron chi connectivity index (χ0n) is 15.7. The Morgan fingerprint density at radius 2 is 1.83 bits per heavy atom. The average Bonchev–Trinajstić information content (AvgIpc) is 3.17. The normalized spacial score (nSPS) is 11.9. The Kier molecular flexibility index (Phi) is 5.02. The minimum absolute atomic E-state index is 0.0479. The Morgan fingerprint density at radius 1 is 1.07 bits per heavy atom. The van der Waals surface area contributed by atoms with Gasteiger partial charge in [0.1, 0.15) is 17.5 Å². The highest BCUT2D eigenvalue weighted by Crippen LogP contribution is 2.28. The fourth-order valence-electron chi connectivity index (χ4n) is 3.05. The number of H-pyrrole nitrogens is 1. The lowest BCUT2D eigenvalue weighted by Gasteiger charge is -2.15. The zero-order chi connectivity index (χ0) is 20.2. The van der Waals surface area contributed by atoms with Gasteiger partial charge in [0.15, 0.2) is 11.5 Å². The maximum atomic E-state index is 10.8. The van der Waals surface area contributed by atoms with Gasteiger partial charge in [0.2, 0.25) is 0 Å². The van der Waals surface area contributed by atoms with E-state index in [0.29, 0.717) is 23.8 Å². The predicted molar refractivity (Wildman–Crippen MR) is 111 cm³/mol. The van der Waals surface area contributed by atoms with Gasteiger partial charge in [-0.3, -0.25) is 15.2 Å². The summed E-state index contributed by atoms with van der Waals surface area (Å²) in [6.45, 7) is 2.52. The summed E-state index contributed by atoms with van der Waals surface area (Å²) >= 11 is 0. The third kappa shape index (κ3) is 3.98. The molecule has 1 atom stereocenters. The largest absolute Gasteiger partial charge is 0.364 e. The summed E-state index contributed by atoms with van der Waals surface area (Å²) in [7, 11) is 0. The van der Waals surface area contributed by atoms with Crippen molar-refractivity contribution in [3.8, 4) is 0 Å². The molecule has 9 nitrogen and oxygen atoms in total. The lowest BCUT2D eigenvalue weighted by atomic mass is 10.1. The van der Waals surface area contributed by atoms with E-state index in [4.69, 9.17) is 0 Å². The van der Waals surface area contributed by atoms with E-state index in [1.165, 1.54) is 18.5 Å². The second kappa shape index (κ2) is 7.93. The summed E-state index contributed by atoms with van der Waals surface area (Å²) in [4.78, 5) is 19.0. The van der Waals surface area contributed by atoms with Gasteiger partial charge >= 0.3 is 0 Å². The SMILES string of the molecule is C[C@H](Nc1ncnc2[nH]nc(NCc3ccc([N+](=O)[O-])cc3)c12)c1ccccc1. The van der Waals surface area contributed by atoms with Crippen molar-refractivity contribution in [1.82, 2.24) is 20.2 Å². The first kappa shape index (κ1) is 18.4. The van der Waals surface area contributed by atoms with E-state index >= 15 is 0 Å². The fourth-order valence-corrected chi connectivity index (χ4v) is 3.05. The number of aromatic nitrogens is 4. The smallest absolute Gasteiger partial charge is 0.269 e. The molecule has 0 bridgehead atoms. The van der Waals surface area contributed by atoms with Crippen molar-refractivity contribution in [3.63, 3.8) is 0 Å². The number of nitro benzene ring substituents is 1. The van der Waals surface area contributed by atoms with Crippen LogP contribution in [0.2, 0.25) is 0 Å². The molecule has 0 amide bonds. The number of anilines is 2. The summed E-state index contributed by atoms with van der Waals surface area (Å²) < 4.78 is 0. The van der Waals surface area contributed by atoms with Crippen LogP contribution in [0, 0.1) is 10.1 Å². The topological polar surface area (TPSA) is 122 Å². The molecule has 0 spiro atoms. The molecule has 2 aromatic heterocycles. The van der Waals surface area contributed by atoms with Gasteiger partial charge < -0.3 is 10.6 Å². The number of rotatable bonds is 7. The van der Waals surface area contributed by atoms with Crippen molar-refractivity contribution < 1.29 is 4.92 Å². The zero-order valence-corrected chi connectivity index (χ0v) is 15.7. The van der Waals surface area contributed by atoms with Gasteiger partial charge in [-0.1, -0.05) is 42.5 Å². The minimum Gasteiger partial charge on any atom is -0.364 e. The molecule has 4 aromatic rings. The van der Waals surface area contributed by atoms with Crippen LogP contribution in [0.1, 0.15) is 24.1 Å². The Bertz CT molecular complexity index is 1130. The summed E-state index contributed by atoms with van der Waals surface area (Å²) in [5.41, 5.74) is 2.72. The number of hydrogen-bond donors (Lipinski definition) is 3. The standard InChI is InChI=1S/C20H19N7O2/c1-13(15-5-3-2-4-6-15)24-18-17-19(25-26-20(17)23-12-22-18)21-11-14-7-9-16(10-8-14)27(28)29/h2-10,12-13H,11H2,1H3,(H3,21,22,23,24,25,26)/t13-/m0/s1. The number of non-ortho nitro benzene ring substituents is 1. The summed E-state index contributed by atoms with van der Waals surface area (Å²) in [5, 5.41) is 25.4.